The van der Waals surface area contributed by atoms with Gasteiger partial charge in [0, 0.05) is 6.42 Å². The Morgan fingerprint density at radius 1 is 1.58 bits per heavy atom. The van der Waals surface area contributed by atoms with E-state index in [-0.39, 0.29) is 5.82 Å². The second-order valence-corrected chi connectivity index (χ2v) is 3.84. The molecule has 0 spiro atoms. The van der Waals surface area contributed by atoms with Gasteiger partial charge in [-0.2, -0.15) is 0 Å². The van der Waals surface area contributed by atoms with Gasteiger partial charge in [-0.05, 0) is 28.6 Å². The first-order valence-electron chi connectivity index (χ1n) is 3.68. The van der Waals surface area contributed by atoms with Crippen molar-refractivity contribution in [2.75, 3.05) is 0 Å². The molecular weight excluding hydrogens is 219 g/mol. The van der Waals surface area contributed by atoms with Gasteiger partial charge >= 0.3 is 0 Å². The molecule has 0 N–H and O–H groups in total. The van der Waals surface area contributed by atoms with Crippen LogP contribution in [0.4, 0.5) is 4.39 Å². The molecule has 1 rings (SSSR count). The molecule has 0 aliphatic rings. The van der Waals surface area contributed by atoms with Crippen LogP contribution in [-0.4, -0.2) is 0 Å². The van der Waals surface area contributed by atoms with Crippen LogP contribution in [0.5, 0.6) is 0 Å². The summed E-state index contributed by atoms with van der Waals surface area (Å²) in [5.74, 6) is -0.152. The van der Waals surface area contributed by atoms with E-state index in [9.17, 15) is 4.39 Å². The van der Waals surface area contributed by atoms with Crippen molar-refractivity contribution < 1.29 is 4.39 Å². The van der Waals surface area contributed by atoms with Crippen LogP contribution in [-0.2, 0) is 6.42 Å². The van der Waals surface area contributed by atoms with E-state index in [4.69, 9.17) is 0 Å². The average molecular weight is 229 g/mol. The summed E-state index contributed by atoms with van der Waals surface area (Å²) in [7, 11) is 0. The lowest BCUT2D eigenvalue weighted by molar-refractivity contribution is 0.616. The average Bonchev–Trinajstić information content (AvgIpc) is 1.98. The van der Waals surface area contributed by atoms with Gasteiger partial charge in [-0.3, -0.25) is 0 Å². The van der Waals surface area contributed by atoms with Crippen LogP contribution in [0.3, 0.4) is 0 Å². The van der Waals surface area contributed by atoms with Crippen molar-refractivity contribution in [1.82, 2.24) is 0 Å². The Labute approximate surface area is 80.2 Å². The minimum Gasteiger partial charge on any atom is -0.207 e. The van der Waals surface area contributed by atoms with Gasteiger partial charge in [0.25, 0.3) is 0 Å². The Morgan fingerprint density at radius 3 is 2.83 bits per heavy atom. The molecule has 0 bridgehead atoms. The van der Waals surface area contributed by atoms with Gasteiger partial charge in [-0.1, -0.05) is 34.6 Å². The lowest BCUT2D eigenvalue weighted by atomic mass is 10.1. The molecule has 0 aliphatic carbocycles. The molecule has 0 amide bonds. The molecular formula is C10H10BrF. The van der Waals surface area contributed by atoms with E-state index in [1.54, 1.807) is 13.0 Å². The Balaban J connectivity index is 3.00. The molecule has 0 fully saturated rings. The number of hydrogen-bond donors (Lipinski definition) is 0. The predicted octanol–water partition coefficient (Wildman–Crippen LogP) is 3.59. The molecule has 0 saturated heterocycles. The van der Waals surface area contributed by atoms with Crippen LogP contribution in [0.1, 0.15) is 11.1 Å². The van der Waals surface area contributed by atoms with Crippen LogP contribution < -0.4 is 0 Å². The van der Waals surface area contributed by atoms with Gasteiger partial charge in [-0.15, -0.1) is 0 Å². The molecule has 0 saturated carbocycles. The summed E-state index contributed by atoms with van der Waals surface area (Å²) in [6, 6.07) is 5.09. The summed E-state index contributed by atoms with van der Waals surface area (Å²) in [6.45, 7) is 5.49. The molecule has 1 aromatic carbocycles. The number of rotatable bonds is 2. The molecule has 0 nitrogen and oxygen atoms in total. The molecule has 2 heteroatoms. The maximum atomic E-state index is 13.0. The van der Waals surface area contributed by atoms with Crippen molar-refractivity contribution in [3.8, 4) is 0 Å². The molecule has 12 heavy (non-hydrogen) atoms. The molecule has 0 aromatic heterocycles. The van der Waals surface area contributed by atoms with Gasteiger partial charge in [0.05, 0.1) is 0 Å². The van der Waals surface area contributed by atoms with Gasteiger partial charge in [0.15, 0.2) is 0 Å². The Kier molecular flexibility index (Phi) is 3.04. The fourth-order valence-electron chi connectivity index (χ4n) is 1.05. The molecule has 1 aromatic rings. The zero-order chi connectivity index (χ0) is 9.14. The second kappa shape index (κ2) is 3.85. The van der Waals surface area contributed by atoms with E-state index in [2.05, 4.69) is 22.5 Å². The lowest BCUT2D eigenvalue weighted by Gasteiger charge is -2.04. The van der Waals surface area contributed by atoms with Gasteiger partial charge in [0.2, 0.25) is 0 Å². The molecule has 0 unspecified atom stereocenters. The highest BCUT2D eigenvalue weighted by atomic mass is 79.9. The van der Waals surface area contributed by atoms with E-state index in [1.807, 2.05) is 6.07 Å². The summed E-state index contributed by atoms with van der Waals surface area (Å²) in [4.78, 5) is 0. The fourth-order valence-corrected chi connectivity index (χ4v) is 1.35. The Bertz CT molecular complexity index is 305. The van der Waals surface area contributed by atoms with Crippen LogP contribution >= 0.6 is 15.9 Å². The molecule has 0 atom stereocenters. The monoisotopic (exact) mass is 228 g/mol. The van der Waals surface area contributed by atoms with Gasteiger partial charge in [0.1, 0.15) is 5.82 Å². The van der Waals surface area contributed by atoms with Crippen molar-refractivity contribution >= 4 is 15.9 Å². The topological polar surface area (TPSA) is 0 Å². The number of halogens is 2. The third-order valence-electron chi connectivity index (χ3n) is 1.76. The highest BCUT2D eigenvalue weighted by Gasteiger charge is 2.02. The van der Waals surface area contributed by atoms with Crippen molar-refractivity contribution in [3.05, 3.63) is 46.2 Å². The zero-order valence-electron chi connectivity index (χ0n) is 6.90. The maximum absolute atomic E-state index is 13.0. The number of benzene rings is 1. The van der Waals surface area contributed by atoms with Crippen LogP contribution in [0.15, 0.2) is 29.3 Å². The lowest BCUT2D eigenvalue weighted by Crippen LogP contribution is -1.91. The number of hydrogen-bond acceptors (Lipinski definition) is 0. The third kappa shape index (κ3) is 2.18. The molecule has 0 heterocycles. The summed E-state index contributed by atoms with van der Waals surface area (Å²) in [5.41, 5.74) is 1.69. The third-order valence-corrected chi connectivity index (χ3v) is 2.04. The van der Waals surface area contributed by atoms with Gasteiger partial charge in [-0.25, -0.2) is 4.39 Å². The normalized spacial score (nSPS) is 9.92. The quantitative estimate of drug-likeness (QED) is 0.726. The summed E-state index contributed by atoms with van der Waals surface area (Å²) in [6.07, 6.45) is 0.684. The first-order valence-corrected chi connectivity index (χ1v) is 4.48. The van der Waals surface area contributed by atoms with Crippen molar-refractivity contribution in [2.24, 2.45) is 0 Å². The van der Waals surface area contributed by atoms with Crippen molar-refractivity contribution in [2.45, 2.75) is 13.3 Å². The summed E-state index contributed by atoms with van der Waals surface area (Å²) >= 11 is 3.25. The minimum absolute atomic E-state index is 0.152. The Hall–Kier alpha value is -0.630. The predicted molar refractivity (Wildman–Crippen MR) is 52.9 cm³/mol. The maximum Gasteiger partial charge on any atom is 0.126 e. The van der Waals surface area contributed by atoms with E-state index in [0.29, 0.717) is 12.0 Å². The van der Waals surface area contributed by atoms with E-state index in [1.165, 1.54) is 6.07 Å². The summed E-state index contributed by atoms with van der Waals surface area (Å²) in [5, 5.41) is 0. The van der Waals surface area contributed by atoms with Crippen LogP contribution in [0.2, 0.25) is 0 Å². The van der Waals surface area contributed by atoms with Crippen LogP contribution in [0.25, 0.3) is 0 Å². The standard InChI is InChI=1S/C10H10BrF/c1-7(11)6-9-4-3-5-10(12)8(9)2/h3-5H,1,6H2,2H3. The molecule has 0 aliphatic heterocycles. The zero-order valence-corrected chi connectivity index (χ0v) is 8.49. The first-order chi connectivity index (χ1) is 5.61. The van der Waals surface area contributed by atoms with E-state index in [0.717, 1.165) is 10.0 Å². The first kappa shape index (κ1) is 9.46. The highest BCUT2D eigenvalue weighted by Crippen LogP contribution is 2.17. The highest BCUT2D eigenvalue weighted by molar-refractivity contribution is 9.11. The van der Waals surface area contributed by atoms with Crippen LogP contribution in [0, 0.1) is 12.7 Å². The van der Waals surface area contributed by atoms with Crippen molar-refractivity contribution in [3.63, 3.8) is 0 Å². The van der Waals surface area contributed by atoms with Crippen molar-refractivity contribution in [1.29, 1.82) is 0 Å². The summed E-state index contributed by atoms with van der Waals surface area (Å²) < 4.78 is 13.9. The van der Waals surface area contributed by atoms with E-state index < -0.39 is 0 Å². The second-order valence-electron chi connectivity index (χ2n) is 2.72. The van der Waals surface area contributed by atoms with Gasteiger partial charge < -0.3 is 0 Å². The minimum atomic E-state index is -0.152. The SMILES string of the molecule is C=C(Br)Cc1cccc(F)c1C. The van der Waals surface area contributed by atoms with E-state index >= 15 is 0 Å². The smallest absolute Gasteiger partial charge is 0.126 e. The fraction of sp³-hybridized carbons (Fsp3) is 0.200. The molecule has 64 valence electrons. The largest absolute Gasteiger partial charge is 0.207 e. The number of allylic oxidation sites excluding steroid dienone is 1. The molecule has 0 radical (unpaired) electrons. The Morgan fingerprint density at radius 2 is 2.25 bits per heavy atom.